The standard InChI is InChI=1S/C49H34N2O/c1-49(2)40-17-7-9-19-45(40)51(42-20-11-13-31-12-3-4-14-35(31)42)46-26-23-33(29-41(46)49)32-22-25-44-38(28-32)36-15-5-8-18-43(36)50(44)34-24-27-48-39(30-34)37-16-6-10-21-47(37)52-48/h3-30H,1-2H3. The maximum atomic E-state index is 6.18. The number of rotatable bonds is 3. The first-order valence-electron chi connectivity index (χ1n) is 18.0. The lowest BCUT2D eigenvalue weighted by Gasteiger charge is -2.42. The van der Waals surface area contributed by atoms with E-state index in [4.69, 9.17) is 4.42 Å². The van der Waals surface area contributed by atoms with Crippen molar-refractivity contribution in [3.8, 4) is 16.8 Å². The SMILES string of the molecule is CC1(C)c2ccccc2N(c2cccc3ccccc23)c2ccc(-c3ccc4c(c3)c3ccccc3n4-c3ccc4oc5ccccc5c4c3)cc21. The molecule has 0 N–H and O–H groups in total. The number of nitrogens with zero attached hydrogens (tertiary/aromatic N) is 2. The molecular weight excluding hydrogens is 633 g/mol. The van der Waals surface area contributed by atoms with E-state index in [1.807, 2.05) is 12.1 Å². The van der Waals surface area contributed by atoms with Crippen molar-refractivity contribution in [2.75, 3.05) is 4.90 Å². The van der Waals surface area contributed by atoms with Gasteiger partial charge in [-0.15, -0.1) is 0 Å². The summed E-state index contributed by atoms with van der Waals surface area (Å²) in [6, 6.07) is 61.9. The summed E-state index contributed by atoms with van der Waals surface area (Å²) in [6.07, 6.45) is 0. The lowest BCUT2D eigenvalue weighted by atomic mass is 9.73. The first-order chi connectivity index (χ1) is 25.5. The highest BCUT2D eigenvalue weighted by molar-refractivity contribution is 6.12. The summed E-state index contributed by atoms with van der Waals surface area (Å²) in [5.74, 6) is 0. The lowest BCUT2D eigenvalue weighted by molar-refractivity contribution is 0.632. The maximum absolute atomic E-state index is 6.18. The number of furan rings is 1. The Morgan fingerprint density at radius 3 is 2.00 bits per heavy atom. The molecule has 246 valence electrons. The summed E-state index contributed by atoms with van der Waals surface area (Å²) >= 11 is 0. The van der Waals surface area contributed by atoms with Gasteiger partial charge >= 0.3 is 0 Å². The Bertz CT molecular complexity index is 3060. The van der Waals surface area contributed by atoms with E-state index in [0.717, 1.165) is 27.6 Å². The molecule has 0 spiro atoms. The van der Waals surface area contributed by atoms with E-state index in [1.165, 1.54) is 71.9 Å². The highest BCUT2D eigenvalue weighted by Gasteiger charge is 2.37. The fraction of sp³-hybridized carbons (Fsp3) is 0.0612. The molecule has 0 aliphatic carbocycles. The Morgan fingerprint density at radius 2 is 1.08 bits per heavy atom. The fourth-order valence-corrected chi connectivity index (χ4v) is 8.83. The van der Waals surface area contributed by atoms with Crippen LogP contribution in [-0.2, 0) is 5.41 Å². The molecule has 3 heteroatoms. The van der Waals surface area contributed by atoms with Crippen LogP contribution in [0.15, 0.2) is 174 Å². The molecule has 0 amide bonds. The summed E-state index contributed by atoms with van der Waals surface area (Å²) in [7, 11) is 0. The summed E-state index contributed by atoms with van der Waals surface area (Å²) in [5, 5.41) is 7.24. The first kappa shape index (κ1) is 29.2. The van der Waals surface area contributed by atoms with Gasteiger partial charge in [-0.25, -0.2) is 0 Å². The van der Waals surface area contributed by atoms with E-state index >= 15 is 0 Å². The monoisotopic (exact) mass is 666 g/mol. The van der Waals surface area contributed by atoms with E-state index in [2.05, 4.69) is 181 Å². The Balaban J connectivity index is 1.09. The average molecular weight is 667 g/mol. The molecule has 10 aromatic rings. The number of fused-ring (bicyclic) bond motifs is 9. The second kappa shape index (κ2) is 10.7. The van der Waals surface area contributed by atoms with E-state index in [9.17, 15) is 0 Å². The van der Waals surface area contributed by atoms with Gasteiger partial charge in [-0.2, -0.15) is 0 Å². The van der Waals surface area contributed by atoms with Gasteiger partial charge in [0.2, 0.25) is 0 Å². The molecule has 52 heavy (non-hydrogen) atoms. The number of hydrogen-bond acceptors (Lipinski definition) is 2. The predicted octanol–water partition coefficient (Wildman–Crippen LogP) is 13.6. The van der Waals surface area contributed by atoms with Crippen LogP contribution in [-0.4, -0.2) is 4.57 Å². The van der Waals surface area contributed by atoms with Crippen molar-refractivity contribution in [1.82, 2.24) is 4.57 Å². The number of aromatic nitrogens is 1. The number of benzene rings is 8. The van der Waals surface area contributed by atoms with Crippen molar-refractivity contribution in [3.05, 3.63) is 181 Å². The summed E-state index contributed by atoms with van der Waals surface area (Å²) in [6.45, 7) is 4.73. The van der Waals surface area contributed by atoms with Crippen LogP contribution in [0.2, 0.25) is 0 Å². The highest BCUT2D eigenvalue weighted by atomic mass is 16.3. The minimum Gasteiger partial charge on any atom is -0.456 e. The first-order valence-corrected chi connectivity index (χ1v) is 18.0. The molecule has 2 aromatic heterocycles. The van der Waals surface area contributed by atoms with E-state index in [0.29, 0.717) is 0 Å². The molecule has 0 saturated heterocycles. The van der Waals surface area contributed by atoms with Crippen LogP contribution in [0, 0.1) is 0 Å². The molecule has 0 saturated carbocycles. The normalized spacial score (nSPS) is 13.7. The molecule has 0 unspecified atom stereocenters. The van der Waals surface area contributed by atoms with E-state index in [-0.39, 0.29) is 5.41 Å². The van der Waals surface area contributed by atoms with Crippen molar-refractivity contribution in [2.45, 2.75) is 19.3 Å². The third-order valence-electron chi connectivity index (χ3n) is 11.4. The van der Waals surface area contributed by atoms with Gasteiger partial charge in [0.1, 0.15) is 11.2 Å². The van der Waals surface area contributed by atoms with Crippen molar-refractivity contribution in [1.29, 1.82) is 0 Å². The van der Waals surface area contributed by atoms with Gasteiger partial charge in [0.25, 0.3) is 0 Å². The van der Waals surface area contributed by atoms with Gasteiger partial charge in [-0.05, 0) is 94.4 Å². The molecule has 8 aromatic carbocycles. The molecule has 3 heterocycles. The van der Waals surface area contributed by atoms with Crippen molar-refractivity contribution in [3.63, 3.8) is 0 Å². The highest BCUT2D eigenvalue weighted by Crippen LogP contribution is 2.53. The largest absolute Gasteiger partial charge is 0.456 e. The van der Waals surface area contributed by atoms with Crippen LogP contribution < -0.4 is 4.90 Å². The summed E-state index contributed by atoms with van der Waals surface area (Å²) in [5.41, 5.74) is 13.9. The molecule has 0 bridgehead atoms. The molecular formula is C49H34N2O. The third-order valence-corrected chi connectivity index (χ3v) is 11.4. The number of hydrogen-bond donors (Lipinski definition) is 0. The lowest BCUT2D eigenvalue weighted by Crippen LogP contribution is -2.30. The van der Waals surface area contributed by atoms with Crippen molar-refractivity contribution >= 4 is 71.6 Å². The molecule has 0 radical (unpaired) electrons. The summed E-state index contributed by atoms with van der Waals surface area (Å²) < 4.78 is 8.57. The molecule has 3 nitrogen and oxygen atoms in total. The van der Waals surface area contributed by atoms with E-state index in [1.54, 1.807) is 0 Å². The van der Waals surface area contributed by atoms with Crippen molar-refractivity contribution in [2.24, 2.45) is 0 Å². The maximum Gasteiger partial charge on any atom is 0.135 e. The molecule has 11 rings (SSSR count). The fourth-order valence-electron chi connectivity index (χ4n) is 8.83. The summed E-state index contributed by atoms with van der Waals surface area (Å²) in [4.78, 5) is 2.47. The Morgan fingerprint density at radius 1 is 0.423 bits per heavy atom. The van der Waals surface area contributed by atoms with Gasteiger partial charge in [-0.1, -0.05) is 117 Å². The number of para-hydroxylation sites is 3. The van der Waals surface area contributed by atoms with Gasteiger partial charge in [0.05, 0.1) is 28.1 Å². The van der Waals surface area contributed by atoms with Gasteiger partial charge in [-0.3, -0.25) is 0 Å². The van der Waals surface area contributed by atoms with Gasteiger partial charge in [0.15, 0.2) is 0 Å². The second-order valence-corrected chi connectivity index (χ2v) is 14.6. The van der Waals surface area contributed by atoms with E-state index < -0.39 is 0 Å². The second-order valence-electron chi connectivity index (χ2n) is 14.6. The molecule has 1 aliphatic rings. The zero-order valence-electron chi connectivity index (χ0n) is 29.0. The van der Waals surface area contributed by atoms with Crippen LogP contribution in [0.4, 0.5) is 17.1 Å². The van der Waals surface area contributed by atoms with Crippen LogP contribution in [0.1, 0.15) is 25.0 Å². The van der Waals surface area contributed by atoms with Gasteiger partial charge in [0, 0.05) is 38.0 Å². The Hall–Kier alpha value is -6.58. The minimum absolute atomic E-state index is 0.195. The Labute approximate surface area is 301 Å². The third kappa shape index (κ3) is 4.08. The Kier molecular flexibility index (Phi) is 6.01. The van der Waals surface area contributed by atoms with Crippen LogP contribution >= 0.6 is 0 Å². The topological polar surface area (TPSA) is 21.3 Å². The number of anilines is 3. The predicted molar refractivity (Wildman–Crippen MR) is 218 cm³/mol. The minimum atomic E-state index is -0.195. The smallest absolute Gasteiger partial charge is 0.135 e. The van der Waals surface area contributed by atoms with Crippen molar-refractivity contribution < 1.29 is 4.42 Å². The zero-order valence-corrected chi connectivity index (χ0v) is 29.0. The quantitative estimate of drug-likeness (QED) is 0.187. The van der Waals surface area contributed by atoms with Gasteiger partial charge < -0.3 is 13.9 Å². The molecule has 0 fully saturated rings. The van der Waals surface area contributed by atoms with Crippen LogP contribution in [0.25, 0.3) is 71.3 Å². The van der Waals surface area contributed by atoms with Crippen LogP contribution in [0.5, 0.6) is 0 Å². The average Bonchev–Trinajstić information content (AvgIpc) is 3.73. The zero-order chi connectivity index (χ0) is 34.6. The van der Waals surface area contributed by atoms with Crippen LogP contribution in [0.3, 0.4) is 0 Å². The molecule has 0 atom stereocenters. The molecule has 1 aliphatic heterocycles.